The molecule has 0 aliphatic carbocycles. The SMILES string of the molecule is O=C1C=C/C(=C(/c2ccc(O)cn2)c2ccccc2C(=O)O)N=C1. The highest BCUT2D eigenvalue weighted by atomic mass is 16.4. The Hall–Kier alpha value is -3.54. The van der Waals surface area contributed by atoms with Crippen molar-refractivity contribution in [2.24, 2.45) is 4.99 Å². The van der Waals surface area contributed by atoms with Gasteiger partial charge in [-0.3, -0.25) is 14.8 Å². The third-order valence-corrected chi connectivity index (χ3v) is 3.42. The average Bonchev–Trinajstić information content (AvgIpc) is 2.59. The van der Waals surface area contributed by atoms with Crippen molar-refractivity contribution in [3.05, 3.63) is 77.3 Å². The van der Waals surface area contributed by atoms with Gasteiger partial charge in [0, 0.05) is 11.1 Å². The molecule has 1 aliphatic rings. The monoisotopic (exact) mass is 320 g/mol. The lowest BCUT2D eigenvalue weighted by molar-refractivity contribution is -0.108. The minimum absolute atomic E-state index is 0.00696. The number of aromatic nitrogens is 1. The van der Waals surface area contributed by atoms with Crippen molar-refractivity contribution in [1.29, 1.82) is 0 Å². The average molecular weight is 320 g/mol. The molecule has 1 aromatic heterocycles. The van der Waals surface area contributed by atoms with Gasteiger partial charge < -0.3 is 10.2 Å². The van der Waals surface area contributed by atoms with Crippen LogP contribution in [-0.2, 0) is 4.79 Å². The number of rotatable bonds is 3. The van der Waals surface area contributed by atoms with E-state index < -0.39 is 5.97 Å². The maximum absolute atomic E-state index is 11.6. The Morgan fingerprint density at radius 1 is 1.00 bits per heavy atom. The number of benzene rings is 1. The zero-order valence-electron chi connectivity index (χ0n) is 12.4. The second-order valence-electron chi connectivity index (χ2n) is 5.01. The van der Waals surface area contributed by atoms with Crippen LogP contribution in [0.25, 0.3) is 5.57 Å². The number of aromatic hydroxyl groups is 1. The third kappa shape index (κ3) is 2.98. The van der Waals surface area contributed by atoms with Crippen molar-refractivity contribution in [3.8, 4) is 5.75 Å². The van der Waals surface area contributed by atoms with Crippen LogP contribution in [0, 0.1) is 0 Å². The third-order valence-electron chi connectivity index (χ3n) is 3.42. The molecule has 2 N–H and O–H groups in total. The van der Waals surface area contributed by atoms with Crippen LogP contribution in [0.2, 0.25) is 0 Å². The highest BCUT2D eigenvalue weighted by molar-refractivity contribution is 6.34. The number of hydrogen-bond donors (Lipinski definition) is 2. The Kier molecular flexibility index (Phi) is 4.03. The number of carbonyl (C=O) groups excluding carboxylic acids is 1. The van der Waals surface area contributed by atoms with Gasteiger partial charge in [0.1, 0.15) is 5.75 Å². The van der Waals surface area contributed by atoms with Crippen LogP contribution < -0.4 is 0 Å². The van der Waals surface area contributed by atoms with Gasteiger partial charge >= 0.3 is 5.97 Å². The second-order valence-corrected chi connectivity index (χ2v) is 5.01. The molecule has 1 aliphatic heterocycles. The molecule has 0 atom stereocenters. The van der Waals surface area contributed by atoms with E-state index in [4.69, 9.17) is 0 Å². The molecule has 0 spiro atoms. The Balaban J connectivity index is 2.28. The minimum atomic E-state index is -1.08. The van der Waals surface area contributed by atoms with Crippen LogP contribution in [0.5, 0.6) is 5.75 Å². The molecule has 0 radical (unpaired) electrons. The van der Waals surface area contributed by atoms with Crippen molar-refractivity contribution in [2.75, 3.05) is 0 Å². The first-order valence-corrected chi connectivity index (χ1v) is 7.05. The summed E-state index contributed by atoms with van der Waals surface area (Å²) in [5, 5.41) is 18.9. The number of carboxylic acid groups (broad SMARTS) is 1. The number of carbonyl (C=O) groups is 2. The number of hydrogen-bond acceptors (Lipinski definition) is 5. The summed E-state index contributed by atoms with van der Waals surface area (Å²) in [5.41, 5.74) is 1.84. The number of aromatic carboxylic acids is 1. The molecule has 0 unspecified atom stereocenters. The van der Waals surface area contributed by atoms with Gasteiger partial charge in [-0.2, -0.15) is 0 Å². The summed E-state index contributed by atoms with van der Waals surface area (Å²) in [5.74, 6) is -1.34. The Morgan fingerprint density at radius 3 is 2.33 bits per heavy atom. The number of nitrogens with zero attached hydrogens (tertiary/aromatic N) is 2. The molecule has 3 rings (SSSR count). The number of ketones is 1. The van der Waals surface area contributed by atoms with E-state index in [1.807, 2.05) is 0 Å². The summed E-state index contributed by atoms with van der Waals surface area (Å²) < 4.78 is 0. The van der Waals surface area contributed by atoms with Crippen LogP contribution in [-0.4, -0.2) is 33.2 Å². The Bertz CT molecular complexity index is 891. The number of carboxylic acids is 1. The fourth-order valence-electron chi connectivity index (χ4n) is 2.36. The van der Waals surface area contributed by atoms with E-state index in [0.717, 1.165) is 0 Å². The topological polar surface area (TPSA) is 99.8 Å². The van der Waals surface area contributed by atoms with Gasteiger partial charge in [0.2, 0.25) is 0 Å². The van der Waals surface area contributed by atoms with E-state index in [1.165, 1.54) is 36.7 Å². The largest absolute Gasteiger partial charge is 0.506 e. The molecule has 6 nitrogen and oxygen atoms in total. The maximum atomic E-state index is 11.6. The highest BCUT2D eigenvalue weighted by Gasteiger charge is 2.19. The van der Waals surface area contributed by atoms with Gasteiger partial charge in [0.15, 0.2) is 5.78 Å². The van der Waals surface area contributed by atoms with Crippen molar-refractivity contribution >= 4 is 23.5 Å². The van der Waals surface area contributed by atoms with Crippen LogP contribution in [0.1, 0.15) is 21.6 Å². The normalized spacial score (nSPS) is 15.4. The first kappa shape index (κ1) is 15.4. The Morgan fingerprint density at radius 2 is 1.75 bits per heavy atom. The van der Waals surface area contributed by atoms with Gasteiger partial charge in [0.25, 0.3) is 0 Å². The molecular formula is C18H12N2O4. The number of allylic oxidation sites excluding steroid dienone is 2. The first-order chi connectivity index (χ1) is 11.6. The number of dihydropyridines is 1. The zero-order valence-corrected chi connectivity index (χ0v) is 12.4. The summed E-state index contributed by atoms with van der Waals surface area (Å²) in [6.45, 7) is 0. The fraction of sp³-hybridized carbons (Fsp3) is 0. The fourth-order valence-corrected chi connectivity index (χ4v) is 2.36. The van der Waals surface area contributed by atoms with E-state index in [1.54, 1.807) is 24.3 Å². The van der Waals surface area contributed by atoms with E-state index in [-0.39, 0.29) is 17.1 Å². The van der Waals surface area contributed by atoms with Crippen LogP contribution >= 0.6 is 0 Å². The zero-order chi connectivity index (χ0) is 17.1. The summed E-state index contributed by atoms with van der Waals surface area (Å²) in [4.78, 5) is 31.1. The lowest BCUT2D eigenvalue weighted by Gasteiger charge is -2.14. The predicted octanol–water partition coefficient (Wildman–Crippen LogP) is 2.45. The summed E-state index contributed by atoms with van der Waals surface area (Å²) >= 11 is 0. The second kappa shape index (κ2) is 6.29. The Labute approximate surface area is 137 Å². The molecule has 2 aromatic rings. The van der Waals surface area contributed by atoms with E-state index in [0.29, 0.717) is 22.5 Å². The first-order valence-electron chi connectivity index (χ1n) is 7.05. The molecule has 0 fully saturated rings. The van der Waals surface area contributed by atoms with Crippen molar-refractivity contribution in [2.45, 2.75) is 0 Å². The number of pyridine rings is 1. The van der Waals surface area contributed by atoms with Crippen molar-refractivity contribution in [1.82, 2.24) is 4.98 Å². The number of aliphatic imine (C=N–C) groups is 1. The smallest absolute Gasteiger partial charge is 0.336 e. The molecule has 24 heavy (non-hydrogen) atoms. The van der Waals surface area contributed by atoms with E-state index in [2.05, 4.69) is 9.98 Å². The maximum Gasteiger partial charge on any atom is 0.336 e. The summed E-state index contributed by atoms with van der Waals surface area (Å²) in [7, 11) is 0. The molecule has 0 bridgehead atoms. The predicted molar refractivity (Wildman–Crippen MR) is 88.0 cm³/mol. The van der Waals surface area contributed by atoms with Gasteiger partial charge in [-0.05, 0) is 30.4 Å². The van der Waals surface area contributed by atoms with E-state index >= 15 is 0 Å². The molecule has 1 aromatic carbocycles. The van der Waals surface area contributed by atoms with Crippen LogP contribution in [0.15, 0.2) is 65.4 Å². The van der Waals surface area contributed by atoms with Crippen LogP contribution in [0.3, 0.4) is 0 Å². The quantitative estimate of drug-likeness (QED) is 0.905. The molecule has 2 heterocycles. The van der Waals surface area contributed by atoms with Gasteiger partial charge in [-0.1, -0.05) is 18.2 Å². The summed E-state index contributed by atoms with van der Waals surface area (Å²) in [6, 6.07) is 9.50. The molecule has 0 amide bonds. The molecule has 0 saturated carbocycles. The van der Waals surface area contributed by atoms with Crippen molar-refractivity contribution < 1.29 is 19.8 Å². The van der Waals surface area contributed by atoms with Crippen molar-refractivity contribution in [3.63, 3.8) is 0 Å². The lowest BCUT2D eigenvalue weighted by Crippen LogP contribution is -2.06. The minimum Gasteiger partial charge on any atom is -0.506 e. The summed E-state index contributed by atoms with van der Waals surface area (Å²) in [6.07, 6.45) is 5.30. The van der Waals surface area contributed by atoms with Gasteiger partial charge in [-0.25, -0.2) is 4.79 Å². The lowest BCUT2D eigenvalue weighted by atomic mass is 9.94. The molecule has 6 heteroatoms. The van der Waals surface area contributed by atoms with E-state index in [9.17, 15) is 19.8 Å². The molecule has 0 saturated heterocycles. The van der Waals surface area contributed by atoms with Gasteiger partial charge in [0.05, 0.1) is 29.4 Å². The molecular weight excluding hydrogens is 308 g/mol. The van der Waals surface area contributed by atoms with Gasteiger partial charge in [-0.15, -0.1) is 0 Å². The standard InChI is InChI=1S/C18H12N2O4/c21-11-5-7-15(19-9-11)17(16-8-6-12(22)10-20-16)13-3-1-2-4-14(13)18(23)24/h1-10,21H,(H,23,24)/b17-16-. The van der Waals surface area contributed by atoms with Crippen LogP contribution in [0.4, 0.5) is 0 Å². The highest BCUT2D eigenvalue weighted by Crippen LogP contribution is 2.31. The molecule has 118 valence electrons.